The molecule has 1 aliphatic carbocycles. The van der Waals surface area contributed by atoms with Crippen LogP contribution in [0.25, 0.3) is 6.08 Å². The van der Waals surface area contributed by atoms with E-state index in [4.69, 9.17) is 0 Å². The fourth-order valence-electron chi connectivity index (χ4n) is 2.36. The molecule has 112 valence electrons. The van der Waals surface area contributed by atoms with E-state index in [9.17, 15) is 24.5 Å². The molecule has 6 heteroatoms. The van der Waals surface area contributed by atoms with Gasteiger partial charge in [-0.05, 0) is 23.8 Å². The van der Waals surface area contributed by atoms with E-state index >= 15 is 0 Å². The first-order valence-electron chi connectivity index (χ1n) is 6.68. The molecule has 0 unspecified atom stereocenters. The van der Waals surface area contributed by atoms with Crippen LogP contribution in [0.4, 0.5) is 5.69 Å². The van der Waals surface area contributed by atoms with Crippen LogP contribution in [0.15, 0.2) is 54.1 Å². The molecule has 0 radical (unpaired) electrons. The van der Waals surface area contributed by atoms with E-state index < -0.39 is 22.3 Å². The first-order chi connectivity index (χ1) is 11.0. The Balaban J connectivity index is 2.06. The van der Waals surface area contributed by atoms with E-state index in [1.165, 1.54) is 42.5 Å². The Kier molecular flexibility index (Phi) is 3.42. The number of ketones is 3. The van der Waals surface area contributed by atoms with Crippen molar-refractivity contribution in [1.82, 2.24) is 0 Å². The van der Waals surface area contributed by atoms with E-state index in [-0.39, 0.29) is 22.4 Å². The third-order valence-electron chi connectivity index (χ3n) is 3.53. The molecule has 0 atom stereocenters. The van der Waals surface area contributed by atoms with Crippen LogP contribution in [0, 0.1) is 10.1 Å². The largest absolute Gasteiger partial charge is 0.288 e. The molecule has 0 amide bonds. The topological polar surface area (TPSA) is 94.3 Å². The lowest BCUT2D eigenvalue weighted by Crippen LogP contribution is -2.29. The molecule has 0 aromatic heterocycles. The normalized spacial score (nSPS) is 15.7. The van der Waals surface area contributed by atoms with Crippen molar-refractivity contribution in [1.29, 1.82) is 0 Å². The summed E-state index contributed by atoms with van der Waals surface area (Å²) in [5.41, 5.74) is 0.380. The highest BCUT2D eigenvalue weighted by molar-refractivity contribution is 6.60. The first kappa shape index (κ1) is 14.5. The fourth-order valence-corrected chi connectivity index (χ4v) is 2.36. The van der Waals surface area contributed by atoms with Crippen molar-refractivity contribution in [2.45, 2.75) is 0 Å². The number of nitro benzene ring substituents is 1. The molecule has 0 bridgehead atoms. The maximum absolute atomic E-state index is 12.4. The van der Waals surface area contributed by atoms with Crippen molar-refractivity contribution in [2.75, 3.05) is 0 Å². The molecule has 6 nitrogen and oxygen atoms in total. The van der Waals surface area contributed by atoms with Gasteiger partial charge >= 0.3 is 0 Å². The van der Waals surface area contributed by atoms with Gasteiger partial charge in [0.1, 0.15) is 0 Å². The molecule has 0 fully saturated rings. The van der Waals surface area contributed by atoms with Crippen molar-refractivity contribution in [3.8, 4) is 0 Å². The summed E-state index contributed by atoms with van der Waals surface area (Å²) in [4.78, 5) is 46.7. The fraction of sp³-hybridized carbons (Fsp3) is 0. The SMILES string of the molecule is O=C1C(=O)c2ccccc2C(=O)C1=Cc1ccc([N+](=O)[O-])cc1. The summed E-state index contributed by atoms with van der Waals surface area (Å²) in [6, 6.07) is 11.5. The molecule has 0 saturated heterocycles. The summed E-state index contributed by atoms with van der Waals surface area (Å²) in [7, 11) is 0. The molecule has 0 N–H and O–H groups in total. The van der Waals surface area contributed by atoms with E-state index in [1.807, 2.05) is 0 Å². The van der Waals surface area contributed by atoms with Crippen LogP contribution in [0.5, 0.6) is 0 Å². The molecule has 2 aromatic rings. The lowest BCUT2D eigenvalue weighted by atomic mass is 9.84. The van der Waals surface area contributed by atoms with Gasteiger partial charge in [-0.1, -0.05) is 24.3 Å². The second-order valence-electron chi connectivity index (χ2n) is 4.94. The number of hydrogen-bond donors (Lipinski definition) is 0. The number of allylic oxidation sites excluding steroid dienone is 1. The number of carbonyl (C=O) groups is 3. The molecule has 23 heavy (non-hydrogen) atoms. The van der Waals surface area contributed by atoms with Crippen molar-refractivity contribution in [3.63, 3.8) is 0 Å². The number of non-ortho nitro benzene ring substituents is 1. The Hall–Kier alpha value is -3.41. The summed E-state index contributed by atoms with van der Waals surface area (Å²) in [6.45, 7) is 0. The average molecular weight is 307 g/mol. The number of benzene rings is 2. The number of nitrogens with zero attached hydrogens (tertiary/aromatic N) is 1. The van der Waals surface area contributed by atoms with E-state index in [0.29, 0.717) is 5.56 Å². The lowest BCUT2D eigenvalue weighted by Gasteiger charge is -2.14. The zero-order valence-corrected chi connectivity index (χ0v) is 11.7. The average Bonchev–Trinajstić information content (AvgIpc) is 2.57. The number of hydrogen-bond acceptors (Lipinski definition) is 5. The minimum atomic E-state index is -0.868. The van der Waals surface area contributed by atoms with Crippen molar-refractivity contribution in [2.24, 2.45) is 0 Å². The number of nitro groups is 1. The highest BCUT2D eigenvalue weighted by atomic mass is 16.6. The van der Waals surface area contributed by atoms with Gasteiger partial charge < -0.3 is 0 Å². The zero-order valence-electron chi connectivity index (χ0n) is 11.7. The number of rotatable bonds is 2. The van der Waals surface area contributed by atoms with Crippen LogP contribution in [-0.2, 0) is 4.79 Å². The quantitative estimate of drug-likeness (QED) is 0.279. The molecule has 1 aliphatic rings. The van der Waals surface area contributed by atoms with Gasteiger partial charge in [0.15, 0.2) is 5.78 Å². The van der Waals surface area contributed by atoms with Gasteiger partial charge in [0, 0.05) is 23.3 Å². The van der Waals surface area contributed by atoms with Crippen molar-refractivity contribution >= 4 is 29.1 Å². The predicted molar refractivity (Wildman–Crippen MR) is 81.2 cm³/mol. The van der Waals surface area contributed by atoms with E-state index in [2.05, 4.69) is 0 Å². The lowest BCUT2D eigenvalue weighted by molar-refractivity contribution is -0.384. The van der Waals surface area contributed by atoms with Crippen LogP contribution < -0.4 is 0 Å². The van der Waals surface area contributed by atoms with Crippen LogP contribution in [0.2, 0.25) is 0 Å². The van der Waals surface area contributed by atoms with Gasteiger partial charge in [-0.25, -0.2) is 0 Å². The Labute approximate surface area is 130 Å². The minimum Gasteiger partial charge on any atom is -0.288 e. The van der Waals surface area contributed by atoms with E-state index in [1.54, 1.807) is 12.1 Å². The summed E-state index contributed by atoms with van der Waals surface area (Å²) in [5.74, 6) is -2.12. The third-order valence-corrected chi connectivity index (χ3v) is 3.53. The molecule has 0 aliphatic heterocycles. The summed E-state index contributed by atoms with van der Waals surface area (Å²) in [6.07, 6.45) is 1.28. The summed E-state index contributed by atoms with van der Waals surface area (Å²) < 4.78 is 0. The van der Waals surface area contributed by atoms with Crippen molar-refractivity contribution in [3.05, 3.63) is 80.9 Å². The number of carbonyl (C=O) groups excluding carboxylic acids is 3. The molecule has 0 saturated carbocycles. The maximum atomic E-state index is 12.4. The summed E-state index contributed by atoms with van der Waals surface area (Å²) in [5, 5.41) is 10.6. The van der Waals surface area contributed by atoms with Crippen LogP contribution in [0.3, 0.4) is 0 Å². The predicted octanol–water partition coefficient (Wildman–Crippen LogP) is 2.63. The number of Topliss-reactive ketones (excluding diaryl/α,β-unsaturated/α-hetero) is 3. The van der Waals surface area contributed by atoms with E-state index in [0.717, 1.165) is 0 Å². The Morgan fingerprint density at radius 1 is 0.783 bits per heavy atom. The van der Waals surface area contributed by atoms with Crippen LogP contribution in [-0.4, -0.2) is 22.3 Å². The minimum absolute atomic E-state index is 0.100. The molecular weight excluding hydrogens is 298 g/mol. The van der Waals surface area contributed by atoms with Crippen LogP contribution >= 0.6 is 0 Å². The first-order valence-corrected chi connectivity index (χ1v) is 6.68. The van der Waals surface area contributed by atoms with Gasteiger partial charge in [-0.2, -0.15) is 0 Å². The molecule has 0 spiro atoms. The third kappa shape index (κ3) is 2.46. The standard InChI is InChI=1S/C17H9NO5/c19-15-12-3-1-2-4-13(12)16(20)17(21)14(15)9-10-5-7-11(8-6-10)18(22)23/h1-9H. The smallest absolute Gasteiger partial charge is 0.269 e. The monoisotopic (exact) mass is 307 g/mol. The highest BCUT2D eigenvalue weighted by Gasteiger charge is 2.35. The van der Waals surface area contributed by atoms with Crippen LogP contribution in [0.1, 0.15) is 26.3 Å². The molecule has 3 rings (SSSR count). The Morgan fingerprint density at radius 3 is 1.91 bits per heavy atom. The zero-order chi connectivity index (χ0) is 16.6. The highest BCUT2D eigenvalue weighted by Crippen LogP contribution is 2.25. The maximum Gasteiger partial charge on any atom is 0.269 e. The van der Waals surface area contributed by atoms with Gasteiger partial charge in [0.05, 0.1) is 10.5 Å². The second-order valence-corrected chi connectivity index (χ2v) is 4.94. The molecule has 0 heterocycles. The van der Waals surface area contributed by atoms with Gasteiger partial charge in [-0.3, -0.25) is 24.5 Å². The Morgan fingerprint density at radius 2 is 1.35 bits per heavy atom. The van der Waals surface area contributed by atoms with Gasteiger partial charge in [0.25, 0.3) is 5.69 Å². The number of fused-ring (bicyclic) bond motifs is 1. The summed E-state index contributed by atoms with van der Waals surface area (Å²) >= 11 is 0. The second kappa shape index (κ2) is 5.42. The molecule has 2 aromatic carbocycles. The van der Waals surface area contributed by atoms with Crippen molar-refractivity contribution < 1.29 is 19.3 Å². The Bertz CT molecular complexity index is 893. The molecular formula is C17H9NO5. The van der Waals surface area contributed by atoms with Gasteiger partial charge in [0.2, 0.25) is 11.6 Å². The van der Waals surface area contributed by atoms with Gasteiger partial charge in [-0.15, -0.1) is 0 Å².